The van der Waals surface area contributed by atoms with Crippen molar-refractivity contribution < 1.29 is 13.9 Å². The van der Waals surface area contributed by atoms with Gasteiger partial charge >= 0.3 is 0 Å². The molecule has 4 aromatic heterocycles. The summed E-state index contributed by atoms with van der Waals surface area (Å²) in [4.78, 5) is 26.0. The monoisotopic (exact) mass is 529 g/mol. The molecular formula is C28H25F2N7O2. The Kier molecular flexibility index (Phi) is 5.76. The van der Waals surface area contributed by atoms with Crippen LogP contribution in [0.1, 0.15) is 36.6 Å². The first-order chi connectivity index (χ1) is 18.6. The van der Waals surface area contributed by atoms with Gasteiger partial charge in [0.15, 0.2) is 17.3 Å². The van der Waals surface area contributed by atoms with E-state index >= 15 is 0 Å². The van der Waals surface area contributed by atoms with Gasteiger partial charge < -0.3 is 10.4 Å². The molecule has 0 bridgehead atoms. The molecular weight excluding hydrogens is 504 g/mol. The molecule has 1 unspecified atom stereocenters. The fourth-order valence-corrected chi connectivity index (χ4v) is 4.94. The Labute approximate surface area is 221 Å². The van der Waals surface area contributed by atoms with Gasteiger partial charge in [0.05, 0.1) is 28.6 Å². The summed E-state index contributed by atoms with van der Waals surface area (Å²) in [6.07, 6.45) is 4.38. The van der Waals surface area contributed by atoms with Gasteiger partial charge in [0.1, 0.15) is 5.82 Å². The Morgan fingerprint density at radius 2 is 1.95 bits per heavy atom. The molecule has 1 aliphatic rings. The summed E-state index contributed by atoms with van der Waals surface area (Å²) >= 11 is 0. The molecule has 6 rings (SSSR count). The lowest BCUT2D eigenvalue weighted by Gasteiger charge is -2.23. The van der Waals surface area contributed by atoms with Crippen LogP contribution < -0.4 is 10.9 Å². The number of benzene rings is 1. The lowest BCUT2D eigenvalue weighted by Crippen LogP contribution is -2.34. The molecule has 11 heteroatoms. The van der Waals surface area contributed by atoms with Crippen molar-refractivity contribution in [3.8, 4) is 16.9 Å². The topological polar surface area (TPSA) is 122 Å². The summed E-state index contributed by atoms with van der Waals surface area (Å²) in [6.45, 7) is 5.42. The molecule has 1 fully saturated rings. The highest BCUT2D eigenvalue weighted by atomic mass is 19.1. The molecule has 198 valence electrons. The van der Waals surface area contributed by atoms with Crippen LogP contribution in [0.25, 0.3) is 28.0 Å². The number of nitrogens with zero attached hydrogens (tertiary/aromatic N) is 5. The smallest absolute Gasteiger partial charge is 0.261 e. The minimum absolute atomic E-state index is 0.0626. The van der Waals surface area contributed by atoms with Gasteiger partial charge in [-0.3, -0.25) is 14.5 Å². The Bertz CT molecular complexity index is 1810. The van der Waals surface area contributed by atoms with Gasteiger partial charge in [-0.05, 0) is 69.4 Å². The van der Waals surface area contributed by atoms with Crippen molar-refractivity contribution in [2.45, 2.75) is 39.2 Å². The highest BCUT2D eigenvalue weighted by molar-refractivity contribution is 5.94. The third-order valence-corrected chi connectivity index (χ3v) is 7.27. The van der Waals surface area contributed by atoms with Gasteiger partial charge in [0.2, 0.25) is 5.95 Å². The molecule has 0 saturated heterocycles. The standard InChI is InChI=1S/C28H25F2N7O2/c1-14-6-9-18(37-10-4-5-20(26(37)38)28(3,39)16-7-8-16)12-19(14)23-22-15(2)32-27(34-25(22)36-35-23)33-24-21(30)11-17(29)13-31-24/h4-6,9-13,16,39H,7-8H2,1-3H3,(H2,31,32,33,34,35,36). The van der Waals surface area contributed by atoms with E-state index in [0.717, 1.165) is 36.2 Å². The number of aromatic nitrogens is 6. The van der Waals surface area contributed by atoms with E-state index in [1.54, 1.807) is 32.2 Å². The molecule has 39 heavy (non-hydrogen) atoms. The Morgan fingerprint density at radius 3 is 2.69 bits per heavy atom. The zero-order valence-electron chi connectivity index (χ0n) is 21.5. The van der Waals surface area contributed by atoms with Crippen LogP contribution in [0, 0.1) is 31.4 Å². The Balaban J connectivity index is 1.40. The van der Waals surface area contributed by atoms with Gasteiger partial charge in [-0.15, -0.1) is 0 Å². The van der Waals surface area contributed by atoms with E-state index in [4.69, 9.17) is 0 Å². The largest absolute Gasteiger partial charge is 0.385 e. The highest BCUT2D eigenvalue weighted by Gasteiger charge is 2.43. The van der Waals surface area contributed by atoms with Crippen molar-refractivity contribution in [1.82, 2.24) is 29.7 Å². The van der Waals surface area contributed by atoms with Crippen molar-refractivity contribution in [1.29, 1.82) is 0 Å². The molecule has 0 spiro atoms. The zero-order chi connectivity index (χ0) is 27.5. The summed E-state index contributed by atoms with van der Waals surface area (Å²) in [7, 11) is 0. The summed E-state index contributed by atoms with van der Waals surface area (Å²) < 4.78 is 28.8. The van der Waals surface area contributed by atoms with Crippen LogP contribution in [0.4, 0.5) is 20.5 Å². The van der Waals surface area contributed by atoms with Crippen LogP contribution in [0.3, 0.4) is 0 Å². The van der Waals surface area contributed by atoms with Crippen molar-refractivity contribution in [2.24, 2.45) is 5.92 Å². The van der Waals surface area contributed by atoms with Crippen molar-refractivity contribution in [3.05, 3.63) is 87.6 Å². The number of anilines is 2. The number of aliphatic hydroxyl groups is 1. The molecule has 1 atom stereocenters. The van der Waals surface area contributed by atoms with Gasteiger partial charge in [-0.2, -0.15) is 10.1 Å². The number of hydrogen-bond donors (Lipinski definition) is 3. The van der Waals surface area contributed by atoms with Gasteiger partial charge in [-0.1, -0.05) is 6.07 Å². The lowest BCUT2D eigenvalue weighted by atomic mass is 9.92. The molecule has 3 N–H and O–H groups in total. The van der Waals surface area contributed by atoms with E-state index in [0.29, 0.717) is 33.7 Å². The number of fused-ring (bicyclic) bond motifs is 1. The maximum absolute atomic E-state index is 14.1. The summed E-state index contributed by atoms with van der Waals surface area (Å²) in [5, 5.41) is 21.7. The van der Waals surface area contributed by atoms with E-state index in [1.807, 2.05) is 25.1 Å². The fourth-order valence-electron chi connectivity index (χ4n) is 4.94. The second-order valence-electron chi connectivity index (χ2n) is 10.1. The minimum Gasteiger partial charge on any atom is -0.385 e. The molecule has 4 heterocycles. The van der Waals surface area contributed by atoms with Gasteiger partial charge in [0, 0.05) is 29.1 Å². The van der Waals surface area contributed by atoms with E-state index < -0.39 is 17.2 Å². The zero-order valence-corrected chi connectivity index (χ0v) is 21.5. The van der Waals surface area contributed by atoms with Crippen molar-refractivity contribution in [3.63, 3.8) is 0 Å². The second-order valence-corrected chi connectivity index (χ2v) is 10.1. The highest BCUT2D eigenvalue weighted by Crippen LogP contribution is 2.44. The molecule has 0 amide bonds. The maximum Gasteiger partial charge on any atom is 0.261 e. The molecule has 0 aliphatic heterocycles. The van der Waals surface area contributed by atoms with E-state index in [-0.39, 0.29) is 23.2 Å². The first-order valence-corrected chi connectivity index (χ1v) is 12.5. The molecule has 5 aromatic rings. The first-order valence-electron chi connectivity index (χ1n) is 12.5. The number of aryl methyl sites for hydroxylation is 2. The second kappa shape index (κ2) is 9.05. The lowest BCUT2D eigenvalue weighted by molar-refractivity contribution is 0.0314. The number of rotatable bonds is 6. The van der Waals surface area contributed by atoms with Crippen LogP contribution in [-0.2, 0) is 5.60 Å². The van der Waals surface area contributed by atoms with Crippen molar-refractivity contribution >= 4 is 22.8 Å². The van der Waals surface area contributed by atoms with Gasteiger partial charge in [0.25, 0.3) is 5.56 Å². The molecule has 0 radical (unpaired) electrons. The van der Waals surface area contributed by atoms with E-state index in [9.17, 15) is 18.7 Å². The molecule has 1 aliphatic carbocycles. The van der Waals surface area contributed by atoms with Crippen LogP contribution >= 0.6 is 0 Å². The molecule has 1 saturated carbocycles. The Hall–Kier alpha value is -4.51. The summed E-state index contributed by atoms with van der Waals surface area (Å²) in [6, 6.07) is 9.81. The Morgan fingerprint density at radius 1 is 1.15 bits per heavy atom. The van der Waals surface area contributed by atoms with Crippen LogP contribution in [0.15, 0.2) is 53.6 Å². The van der Waals surface area contributed by atoms with E-state index in [2.05, 4.69) is 30.5 Å². The minimum atomic E-state index is -1.18. The predicted octanol–water partition coefficient (Wildman–Crippen LogP) is 4.82. The number of nitrogens with one attached hydrogen (secondary N) is 2. The first kappa shape index (κ1) is 24.8. The van der Waals surface area contributed by atoms with Crippen LogP contribution in [0.5, 0.6) is 0 Å². The SMILES string of the molecule is Cc1ccc(-n2cccc(C(C)(O)C3CC3)c2=O)cc1-c1[nH]nc2nc(Nc3ncc(F)cc3F)nc(C)c12. The quantitative estimate of drug-likeness (QED) is 0.288. The molecule has 9 nitrogen and oxygen atoms in total. The van der Waals surface area contributed by atoms with Crippen molar-refractivity contribution in [2.75, 3.05) is 5.32 Å². The maximum atomic E-state index is 14.1. The fraction of sp³-hybridized carbons (Fsp3) is 0.250. The summed E-state index contributed by atoms with van der Waals surface area (Å²) in [5.41, 5.74) is 2.84. The van der Waals surface area contributed by atoms with Gasteiger partial charge in [-0.25, -0.2) is 18.7 Å². The number of aromatic amines is 1. The number of hydrogen-bond acceptors (Lipinski definition) is 7. The predicted molar refractivity (Wildman–Crippen MR) is 142 cm³/mol. The normalized spacial score (nSPS) is 14.9. The van der Waals surface area contributed by atoms with Crippen LogP contribution in [-0.4, -0.2) is 34.8 Å². The number of H-pyrrole nitrogens is 1. The third-order valence-electron chi connectivity index (χ3n) is 7.27. The van der Waals surface area contributed by atoms with E-state index in [1.165, 1.54) is 4.57 Å². The third kappa shape index (κ3) is 4.34. The number of pyridine rings is 2. The summed E-state index contributed by atoms with van der Waals surface area (Å²) in [5.74, 6) is -1.72. The average Bonchev–Trinajstić information content (AvgIpc) is 3.67. The molecule has 1 aromatic carbocycles. The number of halogens is 2. The van der Waals surface area contributed by atoms with Crippen LogP contribution in [0.2, 0.25) is 0 Å². The average molecular weight is 530 g/mol.